The van der Waals surface area contributed by atoms with Gasteiger partial charge < -0.3 is 10.6 Å². The van der Waals surface area contributed by atoms with E-state index in [0.29, 0.717) is 12.3 Å². The maximum atomic E-state index is 11.9. The van der Waals surface area contributed by atoms with Gasteiger partial charge in [0.05, 0.1) is 17.0 Å². The summed E-state index contributed by atoms with van der Waals surface area (Å²) in [4.78, 5) is 23.4. The van der Waals surface area contributed by atoms with E-state index in [2.05, 4.69) is 10.6 Å². The van der Waals surface area contributed by atoms with Gasteiger partial charge in [0.2, 0.25) is 11.8 Å². The van der Waals surface area contributed by atoms with Crippen LogP contribution in [-0.4, -0.2) is 43.8 Å². The molecule has 0 saturated heterocycles. The average molecular weight is 346 g/mol. The Labute approximate surface area is 139 Å². The summed E-state index contributed by atoms with van der Waals surface area (Å²) in [7, 11) is -3.25. The Morgan fingerprint density at radius 3 is 2.17 bits per heavy atom. The molecule has 0 aromatic carbocycles. The van der Waals surface area contributed by atoms with Gasteiger partial charge in [0.25, 0.3) is 0 Å². The van der Waals surface area contributed by atoms with Gasteiger partial charge in [-0.15, -0.1) is 0 Å². The molecule has 23 heavy (non-hydrogen) atoms. The zero-order valence-corrected chi connectivity index (χ0v) is 15.3. The van der Waals surface area contributed by atoms with Crippen LogP contribution in [0.3, 0.4) is 0 Å². The third-order valence-electron chi connectivity index (χ3n) is 4.27. The van der Waals surface area contributed by atoms with E-state index in [4.69, 9.17) is 0 Å². The molecule has 1 rings (SSSR count). The van der Waals surface area contributed by atoms with Gasteiger partial charge in [0.15, 0.2) is 9.84 Å². The van der Waals surface area contributed by atoms with E-state index in [1.54, 1.807) is 20.8 Å². The molecule has 0 aromatic heterocycles. The zero-order chi connectivity index (χ0) is 17.5. The zero-order valence-electron chi connectivity index (χ0n) is 14.5. The molecule has 1 fully saturated rings. The molecule has 1 saturated carbocycles. The van der Waals surface area contributed by atoms with Crippen LogP contribution in [-0.2, 0) is 19.4 Å². The summed E-state index contributed by atoms with van der Waals surface area (Å²) in [5.41, 5.74) is 0. The maximum absolute atomic E-state index is 11.9. The highest BCUT2D eigenvalue weighted by atomic mass is 32.2. The third-order valence-corrected chi connectivity index (χ3v) is 6.88. The fraction of sp³-hybridized carbons (Fsp3) is 0.875. The van der Waals surface area contributed by atoms with Crippen molar-refractivity contribution in [1.82, 2.24) is 10.6 Å². The van der Waals surface area contributed by atoms with E-state index in [0.717, 1.165) is 12.8 Å². The molecular formula is C16H30N2O4S. The molecule has 7 heteroatoms. The van der Waals surface area contributed by atoms with Crippen LogP contribution < -0.4 is 10.6 Å². The van der Waals surface area contributed by atoms with Gasteiger partial charge >= 0.3 is 0 Å². The maximum Gasteiger partial charge on any atom is 0.239 e. The van der Waals surface area contributed by atoms with E-state index in [1.807, 2.05) is 0 Å². The van der Waals surface area contributed by atoms with Crippen molar-refractivity contribution in [2.24, 2.45) is 5.92 Å². The van der Waals surface area contributed by atoms with Crippen LogP contribution in [0, 0.1) is 5.92 Å². The third kappa shape index (κ3) is 7.33. The SMILES string of the molecule is CC(C)(C)S(=O)(=O)CCNC(=O)CNC(=O)CC1CCCCC1. The first kappa shape index (κ1) is 19.9. The van der Waals surface area contributed by atoms with Crippen molar-refractivity contribution >= 4 is 21.7 Å². The van der Waals surface area contributed by atoms with E-state index in [1.165, 1.54) is 19.3 Å². The number of hydrogen-bond donors (Lipinski definition) is 2. The van der Waals surface area contributed by atoms with Crippen LogP contribution >= 0.6 is 0 Å². The van der Waals surface area contributed by atoms with Crippen molar-refractivity contribution in [3.8, 4) is 0 Å². The second-order valence-electron chi connectivity index (χ2n) is 7.27. The van der Waals surface area contributed by atoms with Gasteiger partial charge in [-0.05, 0) is 39.5 Å². The molecule has 0 spiro atoms. The highest BCUT2D eigenvalue weighted by Gasteiger charge is 2.28. The molecule has 1 aliphatic carbocycles. The average Bonchev–Trinajstić information content (AvgIpc) is 2.45. The number of rotatable bonds is 7. The lowest BCUT2D eigenvalue weighted by atomic mass is 9.87. The van der Waals surface area contributed by atoms with Crippen molar-refractivity contribution in [3.05, 3.63) is 0 Å². The minimum Gasteiger partial charge on any atom is -0.354 e. The Hall–Kier alpha value is -1.11. The highest BCUT2D eigenvalue weighted by Crippen LogP contribution is 2.25. The lowest BCUT2D eigenvalue weighted by molar-refractivity contribution is -0.126. The molecular weight excluding hydrogens is 316 g/mol. The Morgan fingerprint density at radius 2 is 1.61 bits per heavy atom. The monoisotopic (exact) mass is 346 g/mol. The normalized spacial score (nSPS) is 16.8. The molecule has 0 radical (unpaired) electrons. The van der Waals surface area contributed by atoms with Crippen LogP contribution in [0.5, 0.6) is 0 Å². The van der Waals surface area contributed by atoms with Crippen LogP contribution in [0.1, 0.15) is 59.3 Å². The minimum absolute atomic E-state index is 0.0664. The highest BCUT2D eigenvalue weighted by molar-refractivity contribution is 7.92. The number of carbonyl (C=O) groups is 2. The first-order chi connectivity index (χ1) is 10.6. The summed E-state index contributed by atoms with van der Waals surface area (Å²) in [5.74, 6) is -0.123. The first-order valence-electron chi connectivity index (χ1n) is 8.37. The quantitative estimate of drug-likeness (QED) is 0.729. The predicted molar refractivity (Wildman–Crippen MR) is 90.8 cm³/mol. The second-order valence-corrected chi connectivity index (χ2v) is 10.1. The van der Waals surface area contributed by atoms with Gasteiger partial charge in [-0.3, -0.25) is 9.59 Å². The van der Waals surface area contributed by atoms with Crippen molar-refractivity contribution in [3.63, 3.8) is 0 Å². The fourth-order valence-electron chi connectivity index (χ4n) is 2.60. The van der Waals surface area contributed by atoms with Crippen LogP contribution in [0.4, 0.5) is 0 Å². The van der Waals surface area contributed by atoms with Gasteiger partial charge in [-0.25, -0.2) is 8.42 Å². The summed E-state index contributed by atoms with van der Waals surface area (Å²) >= 11 is 0. The van der Waals surface area contributed by atoms with Crippen LogP contribution in [0.25, 0.3) is 0 Å². The topological polar surface area (TPSA) is 92.3 Å². The Balaban J connectivity index is 2.20. The largest absolute Gasteiger partial charge is 0.354 e. The van der Waals surface area contributed by atoms with E-state index >= 15 is 0 Å². The van der Waals surface area contributed by atoms with Crippen molar-refractivity contribution < 1.29 is 18.0 Å². The molecule has 6 nitrogen and oxygen atoms in total. The van der Waals surface area contributed by atoms with Gasteiger partial charge in [0, 0.05) is 13.0 Å². The number of amides is 2. The predicted octanol–water partition coefficient (Wildman–Crippen LogP) is 1.40. The summed E-state index contributed by atoms with van der Waals surface area (Å²) in [6, 6.07) is 0. The minimum atomic E-state index is -3.25. The summed E-state index contributed by atoms with van der Waals surface area (Å²) < 4.78 is 23.0. The van der Waals surface area contributed by atoms with E-state index in [9.17, 15) is 18.0 Å². The Bertz CT molecular complexity index is 503. The molecule has 0 heterocycles. The molecule has 0 aliphatic heterocycles. The molecule has 0 bridgehead atoms. The Morgan fingerprint density at radius 1 is 1.00 bits per heavy atom. The number of nitrogens with one attached hydrogen (secondary N) is 2. The second kappa shape index (κ2) is 8.66. The Kier molecular flexibility index (Phi) is 7.51. The number of carbonyl (C=O) groups excluding carboxylic acids is 2. The standard InChI is InChI=1S/C16H30N2O4S/c1-16(2,3)23(21,22)10-9-17-15(20)12-18-14(19)11-13-7-5-4-6-8-13/h13H,4-12H2,1-3H3,(H,17,20)(H,18,19). The smallest absolute Gasteiger partial charge is 0.239 e. The summed E-state index contributed by atoms with van der Waals surface area (Å²) in [5, 5.41) is 5.14. The van der Waals surface area contributed by atoms with Crippen molar-refractivity contribution in [2.45, 2.75) is 64.0 Å². The molecule has 0 unspecified atom stereocenters. The van der Waals surface area contributed by atoms with Gasteiger partial charge in [-0.1, -0.05) is 19.3 Å². The van der Waals surface area contributed by atoms with E-state index in [-0.39, 0.29) is 30.7 Å². The number of sulfone groups is 1. The molecule has 0 aromatic rings. The van der Waals surface area contributed by atoms with Gasteiger partial charge in [0.1, 0.15) is 0 Å². The molecule has 1 aliphatic rings. The first-order valence-corrected chi connectivity index (χ1v) is 10.0. The molecule has 0 atom stereocenters. The fourth-order valence-corrected chi connectivity index (χ4v) is 3.58. The summed E-state index contributed by atoms with van der Waals surface area (Å²) in [6.07, 6.45) is 6.26. The van der Waals surface area contributed by atoms with E-state index < -0.39 is 14.6 Å². The van der Waals surface area contributed by atoms with Crippen LogP contribution in [0.15, 0.2) is 0 Å². The summed E-state index contributed by atoms with van der Waals surface area (Å²) in [6.45, 7) is 4.87. The lowest BCUT2D eigenvalue weighted by Gasteiger charge is -2.21. The lowest BCUT2D eigenvalue weighted by Crippen LogP contribution is -2.41. The van der Waals surface area contributed by atoms with Crippen LogP contribution in [0.2, 0.25) is 0 Å². The molecule has 134 valence electrons. The molecule has 2 N–H and O–H groups in total. The number of hydrogen-bond acceptors (Lipinski definition) is 4. The van der Waals surface area contributed by atoms with Crippen molar-refractivity contribution in [2.75, 3.05) is 18.8 Å². The molecule has 2 amide bonds. The van der Waals surface area contributed by atoms with Crippen molar-refractivity contribution in [1.29, 1.82) is 0 Å². The van der Waals surface area contributed by atoms with Gasteiger partial charge in [-0.2, -0.15) is 0 Å².